The van der Waals surface area contributed by atoms with Crippen LogP contribution in [-0.4, -0.2) is 54.4 Å². The number of aromatic nitrogens is 1. The minimum Gasteiger partial charge on any atom is -0.497 e. The van der Waals surface area contributed by atoms with Crippen molar-refractivity contribution >= 4 is 17.2 Å². The zero-order chi connectivity index (χ0) is 18.8. The van der Waals surface area contributed by atoms with Crippen molar-refractivity contribution < 1.29 is 19.1 Å². The molecule has 3 heterocycles. The summed E-state index contributed by atoms with van der Waals surface area (Å²) in [6.45, 7) is 1.79. The van der Waals surface area contributed by atoms with E-state index >= 15 is 0 Å². The predicted octanol–water partition coefficient (Wildman–Crippen LogP) is 2.66. The quantitative estimate of drug-likeness (QED) is 0.528. The molecule has 0 N–H and O–H groups in total. The molecule has 0 atom stereocenters. The Morgan fingerprint density at radius 3 is 2.48 bits per heavy atom. The van der Waals surface area contributed by atoms with Crippen LogP contribution in [-0.2, 0) is 9.53 Å². The van der Waals surface area contributed by atoms with E-state index in [0.717, 1.165) is 22.4 Å². The van der Waals surface area contributed by atoms with Crippen molar-refractivity contribution in [3.8, 4) is 16.9 Å². The number of fused-ring (bicyclic) bond motifs is 1. The molecule has 1 fully saturated rings. The number of rotatable bonds is 4. The number of carbonyl (C=O) groups excluding carboxylic acids is 2. The summed E-state index contributed by atoms with van der Waals surface area (Å²) in [5, 5.41) is 0. The maximum atomic E-state index is 13.2. The molecule has 6 nitrogen and oxygen atoms in total. The van der Waals surface area contributed by atoms with E-state index in [1.54, 1.807) is 16.4 Å². The Bertz CT molecular complexity index is 985. The number of benzene rings is 1. The summed E-state index contributed by atoms with van der Waals surface area (Å²) in [4.78, 5) is 27.5. The van der Waals surface area contributed by atoms with Gasteiger partial charge in [-0.05, 0) is 35.9 Å². The summed E-state index contributed by atoms with van der Waals surface area (Å²) in [6.07, 6.45) is 1.81. The van der Waals surface area contributed by atoms with Crippen molar-refractivity contribution in [1.29, 1.82) is 0 Å². The minimum atomic E-state index is -0.506. The number of Topliss-reactive ketones (excluding diaryl/α,β-unsaturated/α-hetero) is 1. The first kappa shape index (κ1) is 17.3. The van der Waals surface area contributed by atoms with Crippen molar-refractivity contribution in [2.24, 2.45) is 0 Å². The second kappa shape index (κ2) is 7.25. The summed E-state index contributed by atoms with van der Waals surface area (Å²) >= 11 is 0. The van der Waals surface area contributed by atoms with Crippen LogP contribution in [0.5, 0.6) is 5.75 Å². The molecule has 1 saturated heterocycles. The lowest BCUT2D eigenvalue weighted by Gasteiger charge is -2.26. The summed E-state index contributed by atoms with van der Waals surface area (Å²) in [5.74, 6) is -0.259. The molecule has 2 aromatic heterocycles. The third kappa shape index (κ3) is 3.19. The SMILES string of the molecule is COc1ccc(-c2cc3ccccn3c2C(=O)C(=O)N2CCOCC2)cc1. The molecule has 4 rings (SSSR count). The van der Waals surface area contributed by atoms with Crippen molar-refractivity contribution in [1.82, 2.24) is 9.30 Å². The monoisotopic (exact) mass is 364 g/mol. The van der Waals surface area contributed by atoms with Gasteiger partial charge >= 0.3 is 0 Å². The highest BCUT2D eigenvalue weighted by Gasteiger charge is 2.29. The van der Waals surface area contributed by atoms with E-state index in [1.807, 2.05) is 54.7 Å². The summed E-state index contributed by atoms with van der Waals surface area (Å²) in [5.41, 5.74) is 2.83. The topological polar surface area (TPSA) is 60.2 Å². The number of ether oxygens (including phenoxy) is 2. The zero-order valence-electron chi connectivity index (χ0n) is 15.1. The molecule has 27 heavy (non-hydrogen) atoms. The van der Waals surface area contributed by atoms with Gasteiger partial charge in [0.05, 0.1) is 20.3 Å². The van der Waals surface area contributed by atoms with E-state index in [0.29, 0.717) is 32.0 Å². The van der Waals surface area contributed by atoms with Gasteiger partial charge in [-0.15, -0.1) is 0 Å². The Morgan fingerprint density at radius 2 is 1.78 bits per heavy atom. The summed E-state index contributed by atoms with van der Waals surface area (Å²) < 4.78 is 12.3. The number of hydrogen-bond acceptors (Lipinski definition) is 4. The highest BCUT2D eigenvalue weighted by molar-refractivity contribution is 6.43. The van der Waals surface area contributed by atoms with Gasteiger partial charge < -0.3 is 18.8 Å². The fourth-order valence-electron chi connectivity index (χ4n) is 3.36. The molecule has 0 unspecified atom stereocenters. The Morgan fingerprint density at radius 1 is 1.04 bits per heavy atom. The zero-order valence-corrected chi connectivity index (χ0v) is 15.1. The molecule has 6 heteroatoms. The van der Waals surface area contributed by atoms with E-state index in [9.17, 15) is 9.59 Å². The Balaban J connectivity index is 1.80. The number of morpholine rings is 1. The van der Waals surface area contributed by atoms with Crippen LogP contribution in [0.25, 0.3) is 16.6 Å². The number of ketones is 1. The normalized spacial score (nSPS) is 14.3. The van der Waals surface area contributed by atoms with Gasteiger partial charge in [0.1, 0.15) is 11.4 Å². The summed E-state index contributed by atoms with van der Waals surface area (Å²) in [7, 11) is 1.61. The molecule has 3 aromatic rings. The van der Waals surface area contributed by atoms with E-state index in [-0.39, 0.29) is 0 Å². The first-order chi connectivity index (χ1) is 13.2. The van der Waals surface area contributed by atoms with E-state index in [2.05, 4.69) is 0 Å². The third-order valence-electron chi connectivity index (χ3n) is 4.79. The van der Waals surface area contributed by atoms with Crippen LogP contribution in [0.4, 0.5) is 0 Å². The molecule has 1 aliphatic heterocycles. The predicted molar refractivity (Wildman–Crippen MR) is 101 cm³/mol. The minimum absolute atomic E-state index is 0.382. The largest absolute Gasteiger partial charge is 0.497 e. The lowest BCUT2D eigenvalue weighted by atomic mass is 10.0. The van der Waals surface area contributed by atoms with Crippen LogP contribution in [0, 0.1) is 0 Å². The van der Waals surface area contributed by atoms with E-state index < -0.39 is 11.7 Å². The number of hydrogen-bond donors (Lipinski definition) is 0. The van der Waals surface area contributed by atoms with Crippen molar-refractivity contribution in [3.05, 3.63) is 60.4 Å². The number of nitrogens with zero attached hydrogens (tertiary/aromatic N) is 2. The highest BCUT2D eigenvalue weighted by atomic mass is 16.5. The molecule has 138 valence electrons. The Labute approximate surface area is 156 Å². The fourth-order valence-corrected chi connectivity index (χ4v) is 3.36. The van der Waals surface area contributed by atoms with E-state index in [4.69, 9.17) is 9.47 Å². The average Bonchev–Trinajstić information content (AvgIpc) is 3.13. The lowest BCUT2D eigenvalue weighted by Crippen LogP contribution is -2.44. The van der Waals surface area contributed by atoms with Gasteiger partial charge in [-0.1, -0.05) is 18.2 Å². The summed E-state index contributed by atoms with van der Waals surface area (Å²) in [6, 6.07) is 15.1. The van der Waals surface area contributed by atoms with Crippen molar-refractivity contribution in [3.63, 3.8) is 0 Å². The molecular weight excluding hydrogens is 344 g/mol. The number of methoxy groups -OCH3 is 1. The fraction of sp³-hybridized carbons (Fsp3) is 0.238. The van der Waals surface area contributed by atoms with Gasteiger partial charge in [0, 0.05) is 30.4 Å². The van der Waals surface area contributed by atoms with Gasteiger partial charge in [-0.25, -0.2) is 0 Å². The molecule has 1 aromatic carbocycles. The van der Waals surface area contributed by atoms with Crippen LogP contribution in [0.3, 0.4) is 0 Å². The molecule has 1 aliphatic rings. The van der Waals surface area contributed by atoms with Gasteiger partial charge in [0.25, 0.3) is 11.7 Å². The van der Waals surface area contributed by atoms with Crippen LogP contribution in [0.1, 0.15) is 10.5 Å². The van der Waals surface area contributed by atoms with Crippen molar-refractivity contribution in [2.45, 2.75) is 0 Å². The molecular formula is C21H20N2O4. The van der Waals surface area contributed by atoms with Crippen LogP contribution < -0.4 is 4.74 Å². The standard InChI is InChI=1S/C21H20N2O4/c1-26-17-7-5-15(6-8-17)18-14-16-4-2-3-9-23(16)19(18)20(24)21(25)22-10-12-27-13-11-22/h2-9,14H,10-13H2,1H3. The van der Waals surface area contributed by atoms with Gasteiger partial charge in [-0.2, -0.15) is 0 Å². The van der Waals surface area contributed by atoms with Crippen LogP contribution in [0.2, 0.25) is 0 Å². The Kier molecular flexibility index (Phi) is 4.64. The molecule has 0 saturated carbocycles. The first-order valence-electron chi connectivity index (χ1n) is 8.85. The van der Waals surface area contributed by atoms with E-state index in [1.165, 1.54) is 0 Å². The molecule has 0 radical (unpaired) electrons. The second-order valence-corrected chi connectivity index (χ2v) is 6.36. The maximum Gasteiger partial charge on any atom is 0.296 e. The van der Waals surface area contributed by atoms with Crippen LogP contribution >= 0.6 is 0 Å². The molecule has 0 bridgehead atoms. The van der Waals surface area contributed by atoms with Crippen LogP contribution in [0.15, 0.2) is 54.7 Å². The van der Waals surface area contributed by atoms with Gasteiger partial charge in [0.15, 0.2) is 0 Å². The third-order valence-corrected chi connectivity index (χ3v) is 4.79. The Hall–Kier alpha value is -3.12. The lowest BCUT2D eigenvalue weighted by molar-refractivity contribution is -0.130. The van der Waals surface area contributed by atoms with Crippen molar-refractivity contribution in [2.75, 3.05) is 33.4 Å². The molecule has 0 spiro atoms. The van der Waals surface area contributed by atoms with Gasteiger partial charge in [-0.3, -0.25) is 9.59 Å². The molecule has 0 aliphatic carbocycles. The number of amides is 1. The number of carbonyl (C=O) groups is 2. The second-order valence-electron chi connectivity index (χ2n) is 6.36. The maximum absolute atomic E-state index is 13.2. The number of pyridine rings is 1. The first-order valence-corrected chi connectivity index (χ1v) is 8.85. The molecule has 1 amide bonds. The highest BCUT2D eigenvalue weighted by Crippen LogP contribution is 2.30. The van der Waals surface area contributed by atoms with Gasteiger partial charge in [0.2, 0.25) is 0 Å². The average molecular weight is 364 g/mol. The smallest absolute Gasteiger partial charge is 0.296 e.